The van der Waals surface area contributed by atoms with Gasteiger partial charge in [0.05, 0.1) is 25.5 Å². The van der Waals surface area contributed by atoms with Crippen LogP contribution in [0.1, 0.15) is 23.2 Å². The van der Waals surface area contributed by atoms with Gasteiger partial charge in [0.2, 0.25) is 0 Å². The number of fused-ring (bicyclic) bond motifs is 1. The van der Waals surface area contributed by atoms with Crippen LogP contribution in [0.5, 0.6) is 0 Å². The summed E-state index contributed by atoms with van der Waals surface area (Å²) in [6, 6.07) is 0. The lowest BCUT2D eigenvalue weighted by molar-refractivity contribution is 0.0682. The lowest BCUT2D eigenvalue weighted by Gasteiger charge is -2.24. The van der Waals surface area contributed by atoms with Gasteiger partial charge >= 0.3 is 0 Å². The Morgan fingerprint density at radius 1 is 1.33 bits per heavy atom. The number of nitrogens with two attached hydrogens (primary N) is 1. The highest BCUT2D eigenvalue weighted by Gasteiger charge is 2.24. The first-order valence-corrected chi connectivity index (χ1v) is 7.17. The molecular formula is C11H16N4O2S. The molecule has 1 unspecified atom stereocenters. The van der Waals surface area contributed by atoms with Crippen molar-refractivity contribution in [2.45, 2.75) is 19.1 Å². The van der Waals surface area contributed by atoms with E-state index < -0.39 is 0 Å². The summed E-state index contributed by atoms with van der Waals surface area (Å²) in [5, 5.41) is 0. The van der Waals surface area contributed by atoms with Crippen LogP contribution in [0.15, 0.2) is 0 Å². The summed E-state index contributed by atoms with van der Waals surface area (Å²) < 4.78 is 11.1. The molecule has 18 heavy (non-hydrogen) atoms. The van der Waals surface area contributed by atoms with Crippen LogP contribution in [-0.2, 0) is 22.5 Å². The molecule has 2 aliphatic heterocycles. The van der Waals surface area contributed by atoms with Gasteiger partial charge in [0.25, 0.3) is 0 Å². The number of hydrazine groups is 1. The van der Waals surface area contributed by atoms with Crippen LogP contribution in [0.2, 0.25) is 0 Å². The predicted molar refractivity (Wildman–Crippen MR) is 69.2 cm³/mol. The summed E-state index contributed by atoms with van der Waals surface area (Å²) in [6.45, 7) is 1.98. The van der Waals surface area contributed by atoms with Gasteiger partial charge in [-0.05, 0) is 0 Å². The van der Waals surface area contributed by atoms with E-state index in [1.54, 1.807) is 0 Å². The van der Waals surface area contributed by atoms with E-state index in [1.807, 2.05) is 11.8 Å². The number of aromatic nitrogens is 2. The fourth-order valence-electron chi connectivity index (χ4n) is 2.15. The molecule has 1 saturated heterocycles. The Hall–Kier alpha value is -0.890. The van der Waals surface area contributed by atoms with Crippen LogP contribution < -0.4 is 11.3 Å². The van der Waals surface area contributed by atoms with Gasteiger partial charge in [0.1, 0.15) is 11.9 Å². The first-order valence-electron chi connectivity index (χ1n) is 6.02. The van der Waals surface area contributed by atoms with Crippen LogP contribution in [0.4, 0.5) is 5.82 Å². The molecule has 2 aliphatic rings. The highest BCUT2D eigenvalue weighted by atomic mass is 32.2. The van der Waals surface area contributed by atoms with Crippen LogP contribution in [0.3, 0.4) is 0 Å². The number of anilines is 1. The van der Waals surface area contributed by atoms with Gasteiger partial charge in [-0.2, -0.15) is 11.8 Å². The molecule has 0 aliphatic carbocycles. The van der Waals surface area contributed by atoms with Crippen molar-refractivity contribution in [2.75, 3.05) is 30.1 Å². The van der Waals surface area contributed by atoms with Gasteiger partial charge in [-0.3, -0.25) is 0 Å². The Morgan fingerprint density at radius 3 is 3.06 bits per heavy atom. The minimum atomic E-state index is -0.0241. The maximum Gasteiger partial charge on any atom is 0.160 e. The number of hydrogen-bond acceptors (Lipinski definition) is 7. The lowest BCUT2D eigenvalue weighted by atomic mass is 10.1. The zero-order valence-electron chi connectivity index (χ0n) is 10.0. The van der Waals surface area contributed by atoms with Crippen molar-refractivity contribution in [3.05, 3.63) is 17.1 Å². The molecule has 7 heteroatoms. The van der Waals surface area contributed by atoms with E-state index >= 15 is 0 Å². The zero-order valence-corrected chi connectivity index (χ0v) is 10.8. The molecule has 1 aromatic heterocycles. The Labute approximate surface area is 110 Å². The highest BCUT2D eigenvalue weighted by molar-refractivity contribution is 7.99. The second-order valence-corrected chi connectivity index (χ2v) is 5.39. The van der Waals surface area contributed by atoms with E-state index in [1.165, 1.54) is 0 Å². The monoisotopic (exact) mass is 268 g/mol. The Balaban J connectivity index is 1.94. The predicted octanol–water partition coefficient (Wildman–Crippen LogP) is 0.639. The van der Waals surface area contributed by atoms with Crippen molar-refractivity contribution in [3.63, 3.8) is 0 Å². The number of nitrogens with one attached hydrogen (secondary N) is 1. The van der Waals surface area contributed by atoms with E-state index in [2.05, 4.69) is 15.4 Å². The Morgan fingerprint density at radius 2 is 2.28 bits per heavy atom. The molecule has 1 aromatic rings. The molecule has 0 amide bonds. The maximum absolute atomic E-state index is 5.71. The second kappa shape index (κ2) is 5.40. The van der Waals surface area contributed by atoms with Crippen molar-refractivity contribution in [3.8, 4) is 0 Å². The molecule has 3 heterocycles. The third-order valence-electron chi connectivity index (χ3n) is 3.08. The molecular weight excluding hydrogens is 252 g/mol. The Kier molecular flexibility index (Phi) is 3.64. The first-order chi connectivity index (χ1) is 8.88. The molecule has 0 radical (unpaired) electrons. The van der Waals surface area contributed by atoms with Crippen LogP contribution in [-0.4, -0.2) is 34.7 Å². The fraction of sp³-hybridized carbons (Fsp3) is 0.636. The molecule has 3 N–H and O–H groups in total. The standard InChI is InChI=1S/C11H16N4O2S/c12-15-10-7-5-16-2-1-8(7)13-11(14-10)9-6-18-4-3-17-9/h9H,1-6,12H2,(H,13,14,15). The van der Waals surface area contributed by atoms with Gasteiger partial charge in [-0.25, -0.2) is 15.8 Å². The molecule has 3 rings (SSSR count). The van der Waals surface area contributed by atoms with Crippen LogP contribution >= 0.6 is 11.8 Å². The third-order valence-corrected chi connectivity index (χ3v) is 4.07. The van der Waals surface area contributed by atoms with Crippen LogP contribution in [0, 0.1) is 0 Å². The largest absolute Gasteiger partial charge is 0.376 e. The summed E-state index contributed by atoms with van der Waals surface area (Å²) in [6.07, 6.45) is 0.781. The van der Waals surface area contributed by atoms with Crippen molar-refractivity contribution >= 4 is 17.6 Å². The van der Waals surface area contributed by atoms with E-state index in [9.17, 15) is 0 Å². The number of ether oxygens (including phenoxy) is 2. The number of thioether (sulfide) groups is 1. The van der Waals surface area contributed by atoms with Gasteiger partial charge in [0, 0.05) is 23.5 Å². The average molecular weight is 268 g/mol. The van der Waals surface area contributed by atoms with Crippen molar-refractivity contribution in [1.82, 2.24) is 9.97 Å². The summed E-state index contributed by atoms with van der Waals surface area (Å²) in [5.41, 5.74) is 4.64. The number of hydrogen-bond donors (Lipinski definition) is 2. The zero-order chi connectivity index (χ0) is 12.4. The number of nitrogens with zero attached hydrogens (tertiary/aromatic N) is 2. The average Bonchev–Trinajstić information content (AvgIpc) is 2.47. The summed E-state index contributed by atoms with van der Waals surface area (Å²) in [4.78, 5) is 9.08. The highest BCUT2D eigenvalue weighted by Crippen LogP contribution is 2.28. The van der Waals surface area contributed by atoms with Crippen molar-refractivity contribution in [2.24, 2.45) is 5.84 Å². The van der Waals surface area contributed by atoms with Crippen LogP contribution in [0.25, 0.3) is 0 Å². The van der Waals surface area contributed by atoms with E-state index in [-0.39, 0.29) is 6.10 Å². The smallest absolute Gasteiger partial charge is 0.160 e. The van der Waals surface area contributed by atoms with Gasteiger partial charge in [-0.15, -0.1) is 0 Å². The third kappa shape index (κ3) is 2.31. The number of rotatable bonds is 2. The summed E-state index contributed by atoms with van der Waals surface area (Å²) >= 11 is 1.87. The number of nitrogen functional groups attached to an aromatic ring is 1. The van der Waals surface area contributed by atoms with Gasteiger partial charge in [0.15, 0.2) is 5.82 Å². The molecule has 0 aromatic carbocycles. The molecule has 6 nitrogen and oxygen atoms in total. The maximum atomic E-state index is 5.71. The summed E-state index contributed by atoms with van der Waals surface area (Å²) in [5.74, 6) is 8.86. The topological polar surface area (TPSA) is 82.3 Å². The molecule has 0 bridgehead atoms. The quantitative estimate of drug-likeness (QED) is 0.601. The molecule has 1 fully saturated rings. The molecule has 0 saturated carbocycles. The molecule has 98 valence electrons. The lowest BCUT2D eigenvalue weighted by Crippen LogP contribution is -2.24. The normalized spacial score (nSPS) is 23.5. The Bertz CT molecular complexity index is 420. The van der Waals surface area contributed by atoms with E-state index in [4.69, 9.17) is 15.3 Å². The van der Waals surface area contributed by atoms with Crippen molar-refractivity contribution in [1.29, 1.82) is 0 Å². The SMILES string of the molecule is NNc1nc(C2CSCCO2)nc2c1COCC2. The van der Waals surface area contributed by atoms with E-state index in [0.29, 0.717) is 19.0 Å². The van der Waals surface area contributed by atoms with E-state index in [0.717, 1.165) is 41.6 Å². The van der Waals surface area contributed by atoms with Gasteiger partial charge < -0.3 is 14.9 Å². The molecule has 1 atom stereocenters. The first kappa shape index (κ1) is 12.2. The van der Waals surface area contributed by atoms with Crippen molar-refractivity contribution < 1.29 is 9.47 Å². The summed E-state index contributed by atoms with van der Waals surface area (Å²) in [7, 11) is 0. The second-order valence-electron chi connectivity index (χ2n) is 4.24. The molecule has 0 spiro atoms. The van der Waals surface area contributed by atoms with Gasteiger partial charge in [-0.1, -0.05) is 0 Å². The fourth-order valence-corrected chi connectivity index (χ4v) is 2.99. The minimum absolute atomic E-state index is 0.0241. The minimum Gasteiger partial charge on any atom is -0.376 e.